The van der Waals surface area contributed by atoms with Gasteiger partial charge >= 0.3 is 0 Å². The summed E-state index contributed by atoms with van der Waals surface area (Å²) in [6.07, 6.45) is 0. The van der Waals surface area contributed by atoms with Crippen LogP contribution in [0.25, 0.3) is 0 Å². The van der Waals surface area contributed by atoms with E-state index >= 15 is 0 Å². The lowest BCUT2D eigenvalue weighted by molar-refractivity contribution is -0.384. The van der Waals surface area contributed by atoms with Gasteiger partial charge in [-0.05, 0) is 17.7 Å². The molecule has 6 heteroatoms. The van der Waals surface area contributed by atoms with E-state index in [1.165, 1.54) is 24.3 Å². The van der Waals surface area contributed by atoms with E-state index in [4.69, 9.17) is 0 Å². The molecule has 2 rings (SSSR count). The van der Waals surface area contributed by atoms with E-state index in [0.29, 0.717) is 5.06 Å². The highest BCUT2D eigenvalue weighted by Gasteiger charge is 2.15. The Balaban J connectivity index is 2.08. The summed E-state index contributed by atoms with van der Waals surface area (Å²) in [5.74, 6) is -0.608. The van der Waals surface area contributed by atoms with Crippen LogP contribution in [-0.4, -0.2) is 21.1 Å². The maximum Gasteiger partial charge on any atom is 0.277 e. The number of nitro benzene ring substituents is 1. The molecular weight excluding hydrogens is 260 g/mol. The lowest BCUT2D eigenvalue weighted by Gasteiger charge is -2.14. The Morgan fingerprint density at radius 3 is 2.25 bits per heavy atom. The normalized spacial score (nSPS) is 10.1. The van der Waals surface area contributed by atoms with Crippen LogP contribution < -0.4 is 0 Å². The highest BCUT2D eigenvalue weighted by atomic mass is 16.6. The third kappa shape index (κ3) is 3.18. The smallest absolute Gasteiger partial charge is 0.277 e. The predicted molar refractivity (Wildman–Crippen MR) is 71.2 cm³/mol. The van der Waals surface area contributed by atoms with Crippen LogP contribution in [0.4, 0.5) is 5.69 Å². The van der Waals surface area contributed by atoms with Crippen LogP contribution in [0.5, 0.6) is 0 Å². The minimum absolute atomic E-state index is 0.0522. The number of amides is 1. The average Bonchev–Trinajstić information content (AvgIpc) is 2.47. The number of nitrogens with zero attached hydrogens (tertiary/aromatic N) is 2. The molecule has 0 spiro atoms. The number of carbonyl (C=O) groups is 1. The Bertz CT molecular complexity index is 611. The zero-order valence-corrected chi connectivity index (χ0v) is 10.5. The third-order valence-electron chi connectivity index (χ3n) is 2.73. The molecule has 0 radical (unpaired) electrons. The molecule has 0 heterocycles. The van der Waals surface area contributed by atoms with Crippen LogP contribution in [-0.2, 0) is 6.54 Å². The largest absolute Gasteiger partial charge is 0.285 e. The molecule has 0 aliphatic heterocycles. The van der Waals surface area contributed by atoms with E-state index in [1.807, 2.05) is 6.07 Å². The van der Waals surface area contributed by atoms with E-state index in [0.717, 1.165) is 5.56 Å². The van der Waals surface area contributed by atoms with Gasteiger partial charge in [0.2, 0.25) is 0 Å². The van der Waals surface area contributed by atoms with Crippen molar-refractivity contribution in [3.05, 3.63) is 75.8 Å². The van der Waals surface area contributed by atoms with Crippen LogP contribution in [0.1, 0.15) is 15.9 Å². The van der Waals surface area contributed by atoms with Gasteiger partial charge in [0.25, 0.3) is 11.6 Å². The standard InChI is InChI=1S/C14H12N2O4/c17-14(12-6-8-13(9-7-12)16(19)20)15(18)10-11-4-2-1-3-5-11/h1-9,18H,10H2. The predicted octanol–water partition coefficient (Wildman–Crippen LogP) is 2.63. The highest BCUT2D eigenvalue weighted by molar-refractivity contribution is 5.93. The number of rotatable bonds is 4. The fourth-order valence-electron chi connectivity index (χ4n) is 1.70. The van der Waals surface area contributed by atoms with Crippen molar-refractivity contribution < 1.29 is 14.9 Å². The molecule has 0 saturated heterocycles. The topological polar surface area (TPSA) is 83.7 Å². The minimum atomic E-state index is -0.608. The van der Waals surface area contributed by atoms with Gasteiger partial charge in [-0.3, -0.25) is 20.1 Å². The summed E-state index contributed by atoms with van der Waals surface area (Å²) in [7, 11) is 0. The van der Waals surface area contributed by atoms with Gasteiger partial charge in [0.15, 0.2) is 0 Å². The second-order valence-corrected chi connectivity index (χ2v) is 4.15. The number of non-ortho nitro benzene ring substituents is 1. The second-order valence-electron chi connectivity index (χ2n) is 4.15. The highest BCUT2D eigenvalue weighted by Crippen LogP contribution is 2.14. The number of benzene rings is 2. The van der Waals surface area contributed by atoms with Crippen molar-refractivity contribution in [2.24, 2.45) is 0 Å². The van der Waals surface area contributed by atoms with Gasteiger partial charge in [0.1, 0.15) is 0 Å². The van der Waals surface area contributed by atoms with E-state index in [2.05, 4.69) is 0 Å². The molecule has 0 bridgehead atoms. The van der Waals surface area contributed by atoms with Crippen LogP contribution >= 0.6 is 0 Å². The van der Waals surface area contributed by atoms with Crippen molar-refractivity contribution in [1.29, 1.82) is 0 Å². The lowest BCUT2D eigenvalue weighted by atomic mass is 10.1. The lowest BCUT2D eigenvalue weighted by Crippen LogP contribution is -2.26. The first-order valence-electron chi connectivity index (χ1n) is 5.87. The molecule has 0 aliphatic rings. The zero-order chi connectivity index (χ0) is 14.5. The maximum atomic E-state index is 11.9. The van der Waals surface area contributed by atoms with Crippen molar-refractivity contribution in [2.45, 2.75) is 6.54 Å². The van der Waals surface area contributed by atoms with Crippen molar-refractivity contribution >= 4 is 11.6 Å². The van der Waals surface area contributed by atoms with Gasteiger partial charge in [-0.2, -0.15) is 0 Å². The van der Waals surface area contributed by atoms with Crippen LogP contribution in [0, 0.1) is 10.1 Å². The van der Waals surface area contributed by atoms with Gasteiger partial charge in [0, 0.05) is 17.7 Å². The molecule has 1 N–H and O–H groups in total. The number of hydrogen-bond acceptors (Lipinski definition) is 4. The molecule has 102 valence electrons. The molecule has 0 atom stereocenters. The van der Waals surface area contributed by atoms with Crippen molar-refractivity contribution in [1.82, 2.24) is 5.06 Å². The monoisotopic (exact) mass is 272 g/mol. The zero-order valence-electron chi connectivity index (χ0n) is 10.5. The van der Waals surface area contributed by atoms with Gasteiger partial charge in [-0.25, -0.2) is 5.06 Å². The van der Waals surface area contributed by atoms with Crippen molar-refractivity contribution in [3.63, 3.8) is 0 Å². The summed E-state index contributed by atoms with van der Waals surface area (Å²) < 4.78 is 0. The summed E-state index contributed by atoms with van der Waals surface area (Å²) in [6, 6.07) is 14.1. The summed E-state index contributed by atoms with van der Waals surface area (Å²) in [4.78, 5) is 21.9. The first-order chi connectivity index (χ1) is 9.58. The first kappa shape index (κ1) is 13.7. The average molecular weight is 272 g/mol. The number of carbonyl (C=O) groups excluding carboxylic acids is 1. The van der Waals surface area contributed by atoms with E-state index in [-0.39, 0.29) is 17.8 Å². The Labute approximate surface area is 115 Å². The molecule has 0 aliphatic carbocycles. The minimum Gasteiger partial charge on any atom is -0.285 e. The maximum absolute atomic E-state index is 11.9. The molecule has 6 nitrogen and oxygen atoms in total. The Hall–Kier alpha value is -2.73. The van der Waals surface area contributed by atoms with E-state index < -0.39 is 10.8 Å². The summed E-state index contributed by atoms with van der Waals surface area (Å²) in [5.41, 5.74) is 0.869. The van der Waals surface area contributed by atoms with E-state index in [1.54, 1.807) is 24.3 Å². The number of hydrogen-bond donors (Lipinski definition) is 1. The summed E-state index contributed by atoms with van der Waals surface area (Å²) in [5, 5.41) is 20.9. The molecule has 2 aromatic rings. The SMILES string of the molecule is O=C(c1ccc([N+](=O)[O-])cc1)N(O)Cc1ccccc1. The molecule has 2 aromatic carbocycles. The van der Waals surface area contributed by atoms with Crippen molar-refractivity contribution in [3.8, 4) is 0 Å². The number of nitro groups is 1. The molecule has 0 unspecified atom stereocenters. The number of hydroxylamine groups is 2. The molecule has 0 saturated carbocycles. The van der Waals surface area contributed by atoms with Crippen LogP contribution in [0.15, 0.2) is 54.6 Å². The molecule has 20 heavy (non-hydrogen) atoms. The Kier molecular flexibility index (Phi) is 4.07. The second kappa shape index (κ2) is 5.94. The first-order valence-corrected chi connectivity index (χ1v) is 5.87. The van der Waals surface area contributed by atoms with Gasteiger partial charge in [0.05, 0.1) is 11.5 Å². The molecule has 0 fully saturated rings. The van der Waals surface area contributed by atoms with Crippen molar-refractivity contribution in [2.75, 3.05) is 0 Å². The van der Waals surface area contributed by atoms with Gasteiger partial charge in [-0.15, -0.1) is 0 Å². The van der Waals surface area contributed by atoms with Gasteiger partial charge in [-0.1, -0.05) is 30.3 Å². The molecular formula is C14H12N2O4. The van der Waals surface area contributed by atoms with E-state index in [9.17, 15) is 20.1 Å². The summed E-state index contributed by atoms with van der Waals surface area (Å²) in [6.45, 7) is 0.0522. The molecule has 0 aromatic heterocycles. The Morgan fingerprint density at radius 1 is 1.10 bits per heavy atom. The van der Waals surface area contributed by atoms with Gasteiger partial charge < -0.3 is 0 Å². The molecule has 1 amide bonds. The fraction of sp³-hybridized carbons (Fsp3) is 0.0714. The Morgan fingerprint density at radius 2 is 1.70 bits per heavy atom. The quantitative estimate of drug-likeness (QED) is 0.526. The van der Waals surface area contributed by atoms with Crippen LogP contribution in [0.3, 0.4) is 0 Å². The summed E-state index contributed by atoms with van der Waals surface area (Å²) >= 11 is 0. The van der Waals surface area contributed by atoms with Crippen LogP contribution in [0.2, 0.25) is 0 Å². The fourth-order valence-corrected chi connectivity index (χ4v) is 1.70. The third-order valence-corrected chi connectivity index (χ3v) is 2.73.